The Morgan fingerprint density at radius 2 is 2.00 bits per heavy atom. The van der Waals surface area contributed by atoms with E-state index in [2.05, 4.69) is 5.32 Å². The highest BCUT2D eigenvalue weighted by Crippen LogP contribution is 2.23. The molecule has 0 spiro atoms. The third kappa shape index (κ3) is 2.89. The van der Waals surface area contributed by atoms with Gasteiger partial charge in [0.25, 0.3) is 0 Å². The molecule has 0 saturated heterocycles. The van der Waals surface area contributed by atoms with Crippen molar-refractivity contribution in [2.24, 2.45) is 0 Å². The van der Waals surface area contributed by atoms with Crippen molar-refractivity contribution in [2.45, 2.75) is 19.9 Å². The van der Waals surface area contributed by atoms with E-state index < -0.39 is 5.97 Å². The first-order chi connectivity index (χ1) is 7.58. The third-order valence-corrected chi connectivity index (χ3v) is 2.06. The number of hydrogen-bond acceptors (Lipinski definition) is 4. The largest absolute Gasteiger partial charge is 0.496 e. The zero-order chi connectivity index (χ0) is 12.1. The first kappa shape index (κ1) is 12.4. The van der Waals surface area contributed by atoms with E-state index in [1.807, 2.05) is 19.9 Å². The fourth-order valence-electron chi connectivity index (χ4n) is 1.40. The molecule has 0 aliphatic heterocycles. The molecule has 1 N–H and O–H groups in total. The molecule has 16 heavy (non-hydrogen) atoms. The average molecular weight is 223 g/mol. The van der Waals surface area contributed by atoms with Crippen molar-refractivity contribution in [3.05, 3.63) is 23.8 Å². The summed E-state index contributed by atoms with van der Waals surface area (Å²) in [5, 5.41) is 3.21. The van der Waals surface area contributed by atoms with E-state index in [0.717, 1.165) is 5.69 Å². The minimum absolute atomic E-state index is 0.305. The molecule has 4 heteroatoms. The number of carbonyl (C=O) groups is 1. The van der Waals surface area contributed by atoms with Crippen LogP contribution in [0.2, 0.25) is 0 Å². The first-order valence-corrected chi connectivity index (χ1v) is 5.11. The lowest BCUT2D eigenvalue weighted by Crippen LogP contribution is -2.11. The van der Waals surface area contributed by atoms with E-state index >= 15 is 0 Å². The zero-order valence-electron chi connectivity index (χ0n) is 10.0. The number of hydrogen-bond donors (Lipinski definition) is 1. The van der Waals surface area contributed by atoms with Crippen molar-refractivity contribution in [3.8, 4) is 5.75 Å². The topological polar surface area (TPSA) is 47.6 Å². The summed E-state index contributed by atoms with van der Waals surface area (Å²) in [5.41, 5.74) is 1.30. The number of methoxy groups -OCH3 is 2. The molecular formula is C12H17NO3. The number of rotatable bonds is 4. The lowest BCUT2D eigenvalue weighted by atomic mass is 10.1. The maximum absolute atomic E-state index is 11.5. The van der Waals surface area contributed by atoms with E-state index in [4.69, 9.17) is 9.47 Å². The number of ether oxygens (including phenoxy) is 2. The Labute approximate surface area is 95.6 Å². The van der Waals surface area contributed by atoms with Crippen molar-refractivity contribution in [3.63, 3.8) is 0 Å². The van der Waals surface area contributed by atoms with Crippen LogP contribution in [0.5, 0.6) is 5.75 Å². The summed E-state index contributed by atoms with van der Waals surface area (Å²) in [6.45, 7) is 4.06. The molecule has 0 atom stereocenters. The van der Waals surface area contributed by atoms with Gasteiger partial charge in [-0.05, 0) is 32.0 Å². The van der Waals surface area contributed by atoms with E-state index in [0.29, 0.717) is 17.4 Å². The molecule has 0 radical (unpaired) electrons. The second-order valence-corrected chi connectivity index (χ2v) is 3.71. The molecule has 0 saturated carbocycles. The summed E-state index contributed by atoms with van der Waals surface area (Å²) in [5.74, 6) is 0.116. The Kier molecular flexibility index (Phi) is 4.17. The van der Waals surface area contributed by atoms with Gasteiger partial charge in [0.2, 0.25) is 0 Å². The average Bonchev–Trinajstić information content (AvgIpc) is 2.27. The quantitative estimate of drug-likeness (QED) is 0.796. The molecule has 1 rings (SSSR count). The summed E-state index contributed by atoms with van der Waals surface area (Å²) in [6.07, 6.45) is 0. The summed E-state index contributed by atoms with van der Waals surface area (Å²) < 4.78 is 9.79. The number of anilines is 1. The van der Waals surface area contributed by atoms with Gasteiger partial charge in [-0.2, -0.15) is 0 Å². The Morgan fingerprint density at radius 1 is 1.31 bits per heavy atom. The molecule has 0 heterocycles. The molecular weight excluding hydrogens is 206 g/mol. The molecule has 0 amide bonds. The summed E-state index contributed by atoms with van der Waals surface area (Å²) >= 11 is 0. The molecule has 0 aliphatic rings. The van der Waals surface area contributed by atoms with Crippen molar-refractivity contribution >= 4 is 11.7 Å². The van der Waals surface area contributed by atoms with Gasteiger partial charge in [0, 0.05) is 11.7 Å². The highest BCUT2D eigenvalue weighted by Gasteiger charge is 2.13. The van der Waals surface area contributed by atoms with Gasteiger partial charge in [0.1, 0.15) is 11.3 Å². The lowest BCUT2D eigenvalue weighted by molar-refractivity contribution is 0.0597. The van der Waals surface area contributed by atoms with Crippen LogP contribution in [0, 0.1) is 0 Å². The van der Waals surface area contributed by atoms with Crippen LogP contribution in [0.25, 0.3) is 0 Å². The summed E-state index contributed by atoms with van der Waals surface area (Å²) in [7, 11) is 2.88. The number of esters is 1. The van der Waals surface area contributed by atoms with Crippen molar-refractivity contribution in [1.82, 2.24) is 0 Å². The molecule has 88 valence electrons. The number of benzene rings is 1. The summed E-state index contributed by atoms with van der Waals surface area (Å²) in [4.78, 5) is 11.5. The van der Waals surface area contributed by atoms with Crippen LogP contribution in [0.3, 0.4) is 0 Å². The molecule has 0 fully saturated rings. The Morgan fingerprint density at radius 3 is 2.50 bits per heavy atom. The lowest BCUT2D eigenvalue weighted by Gasteiger charge is -2.13. The number of nitrogens with one attached hydrogen (secondary N) is 1. The standard InChI is InChI=1S/C12H17NO3/c1-8(2)13-9-5-6-11(15-3)10(7-9)12(14)16-4/h5-8,13H,1-4H3. The fourth-order valence-corrected chi connectivity index (χ4v) is 1.40. The Hall–Kier alpha value is -1.71. The van der Waals surface area contributed by atoms with Crippen LogP contribution in [0.15, 0.2) is 18.2 Å². The van der Waals surface area contributed by atoms with Crippen LogP contribution in [0.4, 0.5) is 5.69 Å². The van der Waals surface area contributed by atoms with Crippen LogP contribution in [-0.2, 0) is 4.74 Å². The van der Waals surface area contributed by atoms with Crippen molar-refractivity contribution in [2.75, 3.05) is 19.5 Å². The monoisotopic (exact) mass is 223 g/mol. The SMILES string of the molecule is COC(=O)c1cc(NC(C)C)ccc1OC. The van der Waals surface area contributed by atoms with E-state index in [1.165, 1.54) is 14.2 Å². The van der Waals surface area contributed by atoms with E-state index in [1.54, 1.807) is 12.1 Å². The van der Waals surface area contributed by atoms with Crippen molar-refractivity contribution < 1.29 is 14.3 Å². The van der Waals surface area contributed by atoms with Crippen molar-refractivity contribution in [1.29, 1.82) is 0 Å². The normalized spacial score (nSPS) is 10.1. The Bertz CT molecular complexity index is 375. The van der Waals surface area contributed by atoms with E-state index in [-0.39, 0.29) is 0 Å². The highest BCUT2D eigenvalue weighted by atomic mass is 16.5. The fraction of sp³-hybridized carbons (Fsp3) is 0.417. The van der Waals surface area contributed by atoms with Crippen LogP contribution >= 0.6 is 0 Å². The minimum Gasteiger partial charge on any atom is -0.496 e. The molecule has 4 nitrogen and oxygen atoms in total. The van der Waals surface area contributed by atoms with Gasteiger partial charge in [-0.25, -0.2) is 4.79 Å². The maximum Gasteiger partial charge on any atom is 0.341 e. The molecule has 1 aromatic carbocycles. The predicted octanol–water partition coefficient (Wildman–Crippen LogP) is 2.30. The van der Waals surface area contributed by atoms with Gasteiger partial charge in [-0.1, -0.05) is 0 Å². The van der Waals surface area contributed by atoms with Crippen LogP contribution < -0.4 is 10.1 Å². The first-order valence-electron chi connectivity index (χ1n) is 5.11. The van der Waals surface area contributed by atoms with Crippen LogP contribution in [0.1, 0.15) is 24.2 Å². The maximum atomic E-state index is 11.5. The highest BCUT2D eigenvalue weighted by molar-refractivity contribution is 5.93. The van der Waals surface area contributed by atoms with Gasteiger partial charge in [0.15, 0.2) is 0 Å². The smallest absolute Gasteiger partial charge is 0.341 e. The molecule has 0 unspecified atom stereocenters. The number of carbonyl (C=O) groups excluding carboxylic acids is 1. The van der Waals surface area contributed by atoms with E-state index in [9.17, 15) is 4.79 Å². The minimum atomic E-state index is -0.399. The second-order valence-electron chi connectivity index (χ2n) is 3.71. The molecule has 0 aliphatic carbocycles. The predicted molar refractivity (Wildman–Crippen MR) is 63.1 cm³/mol. The van der Waals surface area contributed by atoms with Gasteiger partial charge >= 0.3 is 5.97 Å². The third-order valence-electron chi connectivity index (χ3n) is 2.06. The zero-order valence-corrected chi connectivity index (χ0v) is 10.0. The molecule has 1 aromatic rings. The Balaban J connectivity index is 3.06. The molecule has 0 aromatic heterocycles. The van der Waals surface area contributed by atoms with Gasteiger partial charge in [-0.15, -0.1) is 0 Å². The van der Waals surface area contributed by atoms with Crippen LogP contribution in [-0.4, -0.2) is 26.2 Å². The molecule has 0 bridgehead atoms. The second kappa shape index (κ2) is 5.39. The van der Waals surface area contributed by atoms with Gasteiger partial charge < -0.3 is 14.8 Å². The van der Waals surface area contributed by atoms with Gasteiger partial charge in [-0.3, -0.25) is 0 Å². The van der Waals surface area contributed by atoms with Gasteiger partial charge in [0.05, 0.1) is 14.2 Å². The summed E-state index contributed by atoms with van der Waals surface area (Å²) in [6, 6.07) is 5.64.